The molecular formula is C5H9O7P. The fraction of sp³-hybridized carbons (Fsp3) is 0.600. The number of ketones is 1. The second kappa shape index (κ2) is 5.08. The van der Waals surface area contributed by atoms with Crippen LogP contribution in [0.25, 0.3) is 0 Å². The van der Waals surface area contributed by atoms with Crippen molar-refractivity contribution in [2.75, 3.05) is 13.3 Å². The Morgan fingerprint density at radius 3 is 2.31 bits per heavy atom. The number of carboxylic acid groups (broad SMARTS) is 1. The van der Waals surface area contributed by atoms with Gasteiger partial charge in [-0.2, -0.15) is 4.67 Å². The van der Waals surface area contributed by atoms with Crippen LogP contribution in [0.3, 0.4) is 0 Å². The van der Waals surface area contributed by atoms with Crippen LogP contribution in [-0.2, 0) is 23.4 Å². The van der Waals surface area contributed by atoms with Gasteiger partial charge in [-0.25, -0.2) is 10.1 Å². The lowest BCUT2D eigenvalue weighted by Gasteiger charge is -2.09. The van der Waals surface area contributed by atoms with Crippen LogP contribution in [0.5, 0.6) is 0 Å². The van der Waals surface area contributed by atoms with Gasteiger partial charge >= 0.3 is 13.6 Å². The number of rotatable bonds is 6. The summed E-state index contributed by atoms with van der Waals surface area (Å²) < 4.78 is 18.8. The first-order valence-electron chi connectivity index (χ1n) is 3.19. The number of hydrogen-bond donors (Lipinski definition) is 2. The smallest absolute Gasteiger partial charge is 0.372 e. The van der Waals surface area contributed by atoms with Gasteiger partial charge in [0.05, 0.1) is 6.16 Å². The molecule has 1 unspecified atom stereocenters. The van der Waals surface area contributed by atoms with Crippen LogP contribution in [0.2, 0.25) is 0 Å². The van der Waals surface area contributed by atoms with Gasteiger partial charge in [0.1, 0.15) is 0 Å². The van der Waals surface area contributed by atoms with E-state index in [2.05, 4.69) is 9.20 Å². The maximum absolute atomic E-state index is 11.0. The van der Waals surface area contributed by atoms with Crippen molar-refractivity contribution in [1.82, 2.24) is 0 Å². The molecule has 0 aliphatic rings. The van der Waals surface area contributed by atoms with E-state index in [4.69, 9.17) is 10.4 Å². The molecule has 0 aromatic heterocycles. The summed E-state index contributed by atoms with van der Waals surface area (Å²) in [6, 6.07) is 0. The lowest BCUT2D eigenvalue weighted by Crippen LogP contribution is -2.14. The third-order valence-corrected chi connectivity index (χ3v) is 2.83. The number of carbonyl (C=O) groups excluding carboxylic acids is 1. The van der Waals surface area contributed by atoms with Crippen LogP contribution in [0.4, 0.5) is 0 Å². The highest BCUT2D eigenvalue weighted by molar-refractivity contribution is 7.53. The minimum Gasteiger partial charge on any atom is -0.476 e. The summed E-state index contributed by atoms with van der Waals surface area (Å²) in [5.41, 5.74) is 0. The highest BCUT2D eigenvalue weighted by Gasteiger charge is 2.25. The van der Waals surface area contributed by atoms with E-state index in [-0.39, 0.29) is 0 Å². The van der Waals surface area contributed by atoms with Crippen LogP contribution in [0, 0.1) is 0 Å². The number of aliphatic carboxylic acids is 1. The highest BCUT2D eigenvalue weighted by atomic mass is 31.2. The molecule has 0 aliphatic heterocycles. The molecule has 0 aliphatic carbocycles. The Kier molecular flexibility index (Phi) is 4.79. The summed E-state index contributed by atoms with van der Waals surface area (Å²) in [4.78, 5) is 20.5. The predicted molar refractivity (Wildman–Crippen MR) is 40.5 cm³/mol. The molecule has 1 atom stereocenters. The number of Topliss-reactive ketones (excluding diaryl/α,β-unsaturated/α-hetero) is 1. The van der Waals surface area contributed by atoms with Gasteiger partial charge < -0.3 is 9.63 Å². The van der Waals surface area contributed by atoms with Crippen molar-refractivity contribution >= 4 is 19.3 Å². The first-order chi connectivity index (χ1) is 5.95. The molecule has 2 N–H and O–H groups in total. The Bertz CT molecular complexity index is 239. The quantitative estimate of drug-likeness (QED) is 0.283. The molecule has 0 rings (SSSR count). The lowest BCUT2D eigenvalue weighted by molar-refractivity contribution is -0.150. The van der Waals surface area contributed by atoms with E-state index in [0.29, 0.717) is 0 Å². The monoisotopic (exact) mass is 212 g/mol. The van der Waals surface area contributed by atoms with Crippen molar-refractivity contribution in [3.05, 3.63) is 0 Å². The van der Waals surface area contributed by atoms with Gasteiger partial charge in [0.15, 0.2) is 0 Å². The maximum Gasteiger partial charge on any atom is 0.372 e. The van der Waals surface area contributed by atoms with E-state index >= 15 is 0 Å². The molecule has 8 heteroatoms. The van der Waals surface area contributed by atoms with Gasteiger partial charge in [-0.05, 0) is 0 Å². The lowest BCUT2D eigenvalue weighted by atomic mass is 10.3. The second-order valence-corrected chi connectivity index (χ2v) is 4.27. The average molecular weight is 212 g/mol. The highest BCUT2D eigenvalue weighted by Crippen LogP contribution is 2.46. The minimum atomic E-state index is -3.70. The van der Waals surface area contributed by atoms with Crippen LogP contribution >= 0.6 is 7.60 Å². The first kappa shape index (κ1) is 12.2. The third kappa shape index (κ3) is 4.14. The van der Waals surface area contributed by atoms with Gasteiger partial charge in [-0.3, -0.25) is 9.36 Å². The van der Waals surface area contributed by atoms with Crippen molar-refractivity contribution in [3.63, 3.8) is 0 Å². The Labute approximate surface area is 73.7 Å². The van der Waals surface area contributed by atoms with E-state index in [1.54, 1.807) is 0 Å². The van der Waals surface area contributed by atoms with E-state index in [0.717, 1.165) is 7.11 Å². The summed E-state index contributed by atoms with van der Waals surface area (Å²) in [6.45, 7) is 0. The van der Waals surface area contributed by atoms with Crippen molar-refractivity contribution in [2.24, 2.45) is 0 Å². The molecule has 76 valence electrons. The third-order valence-electron chi connectivity index (χ3n) is 1.25. The summed E-state index contributed by atoms with van der Waals surface area (Å²) >= 11 is 0. The normalized spacial score (nSPS) is 14.9. The number of carbonyl (C=O) groups is 2. The van der Waals surface area contributed by atoms with Gasteiger partial charge in [0.2, 0.25) is 5.78 Å². The average Bonchev–Trinajstić information content (AvgIpc) is 2.13. The number of carboxylic acids is 1. The molecule has 0 amide bonds. The Hall–Kier alpha value is -0.750. The van der Waals surface area contributed by atoms with E-state index in [1.807, 2.05) is 0 Å². The van der Waals surface area contributed by atoms with Crippen LogP contribution in [-0.4, -0.2) is 35.4 Å². The molecule has 0 heterocycles. The Balaban J connectivity index is 4.08. The second-order valence-electron chi connectivity index (χ2n) is 2.08. The zero-order valence-electron chi connectivity index (χ0n) is 6.80. The van der Waals surface area contributed by atoms with Crippen LogP contribution in [0.1, 0.15) is 6.42 Å². The minimum absolute atomic E-state index is 0.467. The zero-order valence-corrected chi connectivity index (χ0v) is 7.69. The molecule has 0 saturated heterocycles. The van der Waals surface area contributed by atoms with Crippen molar-refractivity contribution in [1.29, 1.82) is 0 Å². The molecule has 0 aromatic rings. The molecule has 0 spiro atoms. The SMILES string of the molecule is COP(=O)(CCC(=O)C(=O)O)OO. The molecule has 13 heavy (non-hydrogen) atoms. The molecule has 0 bridgehead atoms. The van der Waals surface area contributed by atoms with Crippen molar-refractivity contribution < 1.29 is 33.7 Å². The molecular weight excluding hydrogens is 203 g/mol. The summed E-state index contributed by atoms with van der Waals surface area (Å²) in [7, 11) is -2.69. The fourth-order valence-electron chi connectivity index (χ4n) is 0.511. The van der Waals surface area contributed by atoms with Crippen LogP contribution < -0.4 is 0 Å². The van der Waals surface area contributed by atoms with Gasteiger partial charge in [0, 0.05) is 13.5 Å². The molecule has 0 aromatic carbocycles. The van der Waals surface area contributed by atoms with Gasteiger partial charge in [0.25, 0.3) is 0 Å². The standard InChI is InChI=1S/C5H9O7P/c1-11-13(10,12-9)3-2-4(6)5(7)8/h9H,2-3H2,1H3,(H,7,8). The molecule has 0 saturated carbocycles. The fourth-order valence-corrected chi connectivity index (χ4v) is 1.32. The topological polar surface area (TPSA) is 110 Å². The van der Waals surface area contributed by atoms with E-state index < -0.39 is 31.9 Å². The summed E-state index contributed by atoms with van der Waals surface area (Å²) in [5.74, 6) is -2.74. The summed E-state index contributed by atoms with van der Waals surface area (Å²) in [6.07, 6.45) is -0.980. The van der Waals surface area contributed by atoms with E-state index in [1.165, 1.54) is 0 Å². The largest absolute Gasteiger partial charge is 0.476 e. The van der Waals surface area contributed by atoms with Crippen molar-refractivity contribution in [2.45, 2.75) is 6.42 Å². The molecule has 0 radical (unpaired) electrons. The summed E-state index contributed by atoms with van der Waals surface area (Å²) in [5, 5.41) is 16.2. The van der Waals surface area contributed by atoms with Crippen LogP contribution in [0.15, 0.2) is 0 Å². The number of hydrogen-bond acceptors (Lipinski definition) is 6. The zero-order chi connectivity index (χ0) is 10.5. The van der Waals surface area contributed by atoms with Gasteiger partial charge in [-0.15, -0.1) is 0 Å². The predicted octanol–water partition coefficient (Wildman–Crippen LogP) is 0.359. The van der Waals surface area contributed by atoms with Gasteiger partial charge in [-0.1, -0.05) is 0 Å². The Morgan fingerprint density at radius 1 is 1.46 bits per heavy atom. The first-order valence-corrected chi connectivity index (χ1v) is 4.92. The van der Waals surface area contributed by atoms with Crippen molar-refractivity contribution in [3.8, 4) is 0 Å². The molecule has 0 fully saturated rings. The maximum atomic E-state index is 11.0. The van der Waals surface area contributed by atoms with E-state index in [9.17, 15) is 14.2 Å². The Morgan fingerprint density at radius 2 is 2.00 bits per heavy atom. The molecule has 7 nitrogen and oxygen atoms in total.